The van der Waals surface area contributed by atoms with E-state index in [1.165, 1.54) is 19.3 Å². The van der Waals surface area contributed by atoms with Crippen LogP contribution in [0.15, 0.2) is 42.5 Å². The van der Waals surface area contributed by atoms with Crippen LogP contribution in [-0.2, 0) is 23.7 Å². The van der Waals surface area contributed by atoms with E-state index in [0.29, 0.717) is 6.61 Å². The number of hydrogen-bond acceptors (Lipinski definition) is 6. The van der Waals surface area contributed by atoms with Gasteiger partial charge in [-0.3, -0.25) is 9.12 Å². The van der Waals surface area contributed by atoms with Crippen LogP contribution in [0.25, 0.3) is 16.8 Å². The van der Waals surface area contributed by atoms with E-state index in [0.717, 1.165) is 28.5 Å². The van der Waals surface area contributed by atoms with Gasteiger partial charge in [0, 0.05) is 0 Å². The summed E-state index contributed by atoms with van der Waals surface area (Å²) in [5.74, 6) is 0.834. The predicted octanol–water partition coefficient (Wildman–Crippen LogP) is 6.68. The van der Waals surface area contributed by atoms with Gasteiger partial charge in [0.15, 0.2) is 4.99 Å². The Morgan fingerprint density at radius 2 is 1.64 bits per heavy atom. The van der Waals surface area contributed by atoms with Gasteiger partial charge in [0.25, 0.3) is 10.1 Å². The van der Waals surface area contributed by atoms with Crippen molar-refractivity contribution in [2.45, 2.75) is 57.9 Å². The van der Waals surface area contributed by atoms with E-state index in [2.05, 4.69) is 6.92 Å². The number of allylic oxidation sites excluding steroid dienone is 1. The molecule has 1 atom stereocenters. The third kappa shape index (κ3) is 8.54. The van der Waals surface area contributed by atoms with Crippen LogP contribution < -0.4 is 4.74 Å². The summed E-state index contributed by atoms with van der Waals surface area (Å²) in [6, 6.07) is 11.7. The van der Waals surface area contributed by atoms with E-state index < -0.39 is 22.7 Å². The highest BCUT2D eigenvalue weighted by atomic mass is 32.2. The molecule has 0 fully saturated rings. The molecule has 33 heavy (non-hydrogen) atoms. The Morgan fingerprint density at radius 1 is 0.970 bits per heavy atom. The SMILES string of the molecule is CCCCCCOc1ccc2cc(/C=C/CC(P(=O)(OCC)OCC)S(=O)(=O)O)ccc2c1. The zero-order valence-corrected chi connectivity index (χ0v) is 21.3. The number of benzene rings is 2. The van der Waals surface area contributed by atoms with Crippen molar-refractivity contribution in [3.8, 4) is 5.75 Å². The average molecular weight is 499 g/mol. The molecular formula is C24H35O7PS. The molecule has 0 bridgehead atoms. The van der Waals surface area contributed by atoms with Crippen molar-refractivity contribution in [1.29, 1.82) is 0 Å². The van der Waals surface area contributed by atoms with Crippen molar-refractivity contribution in [3.63, 3.8) is 0 Å². The molecule has 184 valence electrons. The zero-order valence-electron chi connectivity index (χ0n) is 19.6. The molecule has 9 heteroatoms. The van der Waals surface area contributed by atoms with Gasteiger partial charge in [-0.1, -0.05) is 56.5 Å². The Kier molecular flexibility index (Phi) is 11.1. The molecule has 7 nitrogen and oxygen atoms in total. The van der Waals surface area contributed by atoms with Crippen molar-refractivity contribution >= 4 is 34.6 Å². The molecule has 0 radical (unpaired) electrons. The standard InChI is InChI=1S/C24H35O7PS/c1-4-7-8-9-17-29-23-16-15-21-18-20(13-14-22(21)19-23)11-10-12-24(33(26,27)28)32(25,30-5-2)31-6-3/h10-11,13-16,18-19,24H,4-9,12,17H2,1-3H3,(H,26,27,28)/b11-10+. The first kappa shape index (κ1) is 27.5. The number of ether oxygens (including phenoxy) is 1. The van der Waals surface area contributed by atoms with Gasteiger partial charge in [-0.25, -0.2) is 0 Å². The number of rotatable bonds is 15. The van der Waals surface area contributed by atoms with E-state index in [-0.39, 0.29) is 19.6 Å². The molecule has 0 aromatic heterocycles. The maximum atomic E-state index is 12.9. The van der Waals surface area contributed by atoms with Crippen LogP contribution in [0.1, 0.15) is 58.4 Å². The fourth-order valence-electron chi connectivity index (χ4n) is 3.45. The van der Waals surface area contributed by atoms with Crippen molar-refractivity contribution in [1.82, 2.24) is 0 Å². The summed E-state index contributed by atoms with van der Waals surface area (Å²) in [6.07, 6.45) is 7.69. The first-order valence-corrected chi connectivity index (χ1v) is 14.5. The average Bonchev–Trinajstić information content (AvgIpc) is 2.76. The number of fused-ring (bicyclic) bond motifs is 1. The van der Waals surface area contributed by atoms with Gasteiger partial charge in [-0.2, -0.15) is 8.42 Å². The molecule has 1 unspecified atom stereocenters. The summed E-state index contributed by atoms with van der Waals surface area (Å²) in [5.41, 5.74) is 0.840. The quantitative estimate of drug-likeness (QED) is 0.166. The highest BCUT2D eigenvalue weighted by Crippen LogP contribution is 2.56. The normalized spacial score (nSPS) is 13.6. The second-order valence-electron chi connectivity index (χ2n) is 7.66. The topological polar surface area (TPSA) is 99.1 Å². The first-order valence-electron chi connectivity index (χ1n) is 11.4. The summed E-state index contributed by atoms with van der Waals surface area (Å²) in [5, 5.41) is 2.04. The summed E-state index contributed by atoms with van der Waals surface area (Å²) < 4.78 is 62.4. The van der Waals surface area contributed by atoms with Crippen LogP contribution in [0, 0.1) is 0 Å². The predicted molar refractivity (Wildman–Crippen MR) is 133 cm³/mol. The van der Waals surface area contributed by atoms with Gasteiger partial charge in [0.1, 0.15) is 5.75 Å². The van der Waals surface area contributed by atoms with E-state index in [9.17, 15) is 17.5 Å². The van der Waals surface area contributed by atoms with Gasteiger partial charge in [0.2, 0.25) is 0 Å². The largest absolute Gasteiger partial charge is 0.494 e. The van der Waals surface area contributed by atoms with Gasteiger partial charge in [0.05, 0.1) is 19.8 Å². The molecule has 0 amide bonds. The fraction of sp³-hybridized carbons (Fsp3) is 0.500. The van der Waals surface area contributed by atoms with Gasteiger partial charge < -0.3 is 13.8 Å². The van der Waals surface area contributed by atoms with Gasteiger partial charge >= 0.3 is 7.60 Å². The summed E-state index contributed by atoms with van der Waals surface area (Å²) in [6.45, 7) is 6.06. The van der Waals surface area contributed by atoms with Crippen LogP contribution in [0.4, 0.5) is 0 Å². The van der Waals surface area contributed by atoms with E-state index >= 15 is 0 Å². The minimum atomic E-state index is -4.65. The van der Waals surface area contributed by atoms with Crippen LogP contribution in [0.3, 0.4) is 0 Å². The second-order valence-corrected chi connectivity index (χ2v) is 11.8. The highest BCUT2D eigenvalue weighted by Gasteiger charge is 2.43. The van der Waals surface area contributed by atoms with Gasteiger partial charge in [-0.05, 0) is 61.2 Å². The Hall–Kier alpha value is -1.70. The Bertz CT molecular complexity index is 1060. The van der Waals surface area contributed by atoms with Crippen molar-refractivity contribution in [2.24, 2.45) is 0 Å². The second kappa shape index (κ2) is 13.3. The van der Waals surface area contributed by atoms with Crippen LogP contribution in [0.5, 0.6) is 5.75 Å². The van der Waals surface area contributed by atoms with E-state index in [4.69, 9.17) is 13.8 Å². The molecule has 0 spiro atoms. The van der Waals surface area contributed by atoms with Crippen LogP contribution in [-0.4, -0.2) is 37.8 Å². The minimum Gasteiger partial charge on any atom is -0.494 e. The lowest BCUT2D eigenvalue weighted by Crippen LogP contribution is -2.22. The first-order chi connectivity index (χ1) is 15.7. The molecule has 0 aliphatic heterocycles. The maximum Gasteiger partial charge on any atom is 0.351 e. The molecule has 0 aliphatic rings. The molecular weight excluding hydrogens is 463 g/mol. The molecule has 2 aromatic carbocycles. The smallest absolute Gasteiger partial charge is 0.351 e. The van der Waals surface area contributed by atoms with Crippen molar-refractivity contribution < 1.29 is 31.3 Å². The molecule has 0 heterocycles. The molecule has 2 aromatic rings. The summed E-state index contributed by atoms with van der Waals surface area (Å²) >= 11 is 0. The van der Waals surface area contributed by atoms with Crippen LogP contribution >= 0.6 is 7.60 Å². The molecule has 0 saturated heterocycles. The van der Waals surface area contributed by atoms with Crippen molar-refractivity contribution in [2.75, 3.05) is 19.8 Å². The third-order valence-corrected chi connectivity index (χ3v) is 9.67. The van der Waals surface area contributed by atoms with E-state index in [1.807, 2.05) is 36.4 Å². The lowest BCUT2D eigenvalue weighted by atomic mass is 10.1. The molecule has 0 saturated carbocycles. The number of unbranched alkanes of at least 4 members (excludes halogenated alkanes) is 3. The molecule has 1 N–H and O–H groups in total. The van der Waals surface area contributed by atoms with E-state index in [1.54, 1.807) is 26.0 Å². The number of hydrogen-bond donors (Lipinski definition) is 1. The zero-order chi connectivity index (χ0) is 24.3. The lowest BCUT2D eigenvalue weighted by Gasteiger charge is -2.23. The molecule has 2 rings (SSSR count). The lowest BCUT2D eigenvalue weighted by molar-refractivity contribution is 0.216. The van der Waals surface area contributed by atoms with Crippen LogP contribution in [0.2, 0.25) is 0 Å². The fourth-order valence-corrected chi connectivity index (χ4v) is 6.98. The Morgan fingerprint density at radius 3 is 2.27 bits per heavy atom. The van der Waals surface area contributed by atoms with Crippen molar-refractivity contribution in [3.05, 3.63) is 48.0 Å². The Balaban J connectivity index is 2.11. The Labute approximate surface area is 197 Å². The summed E-state index contributed by atoms with van der Waals surface area (Å²) in [4.78, 5) is -1.68. The highest BCUT2D eigenvalue weighted by molar-refractivity contribution is 7.94. The summed E-state index contributed by atoms with van der Waals surface area (Å²) in [7, 11) is -8.69. The van der Waals surface area contributed by atoms with Gasteiger partial charge in [-0.15, -0.1) is 0 Å². The third-order valence-electron chi connectivity index (χ3n) is 5.07. The minimum absolute atomic E-state index is 0.00211. The maximum absolute atomic E-state index is 12.9. The molecule has 0 aliphatic carbocycles. The monoisotopic (exact) mass is 498 g/mol.